The number of rotatable bonds is 6. The van der Waals surface area contributed by atoms with Gasteiger partial charge in [0.05, 0.1) is 5.75 Å². The molecule has 1 fully saturated rings. The van der Waals surface area contributed by atoms with Gasteiger partial charge in [0.1, 0.15) is 0 Å². The molecule has 0 saturated carbocycles. The summed E-state index contributed by atoms with van der Waals surface area (Å²) in [6.07, 6.45) is 2.92. The summed E-state index contributed by atoms with van der Waals surface area (Å²) in [5, 5.41) is 2.82. The normalized spacial score (nSPS) is 19.9. The number of sulfonamides is 1. The van der Waals surface area contributed by atoms with Gasteiger partial charge in [0, 0.05) is 26.1 Å². The van der Waals surface area contributed by atoms with Crippen molar-refractivity contribution in [1.82, 2.24) is 9.62 Å². The van der Waals surface area contributed by atoms with E-state index in [-0.39, 0.29) is 11.7 Å². The second kappa shape index (κ2) is 7.09. The summed E-state index contributed by atoms with van der Waals surface area (Å²) < 4.78 is 24.9. The third-order valence-electron chi connectivity index (χ3n) is 2.95. The van der Waals surface area contributed by atoms with Crippen molar-refractivity contribution in [3.05, 3.63) is 0 Å². The highest BCUT2D eigenvalue weighted by Crippen LogP contribution is 2.13. The molecule has 0 aromatic rings. The van der Waals surface area contributed by atoms with Crippen LogP contribution in [-0.4, -0.2) is 44.0 Å². The van der Waals surface area contributed by atoms with Crippen LogP contribution in [0.1, 0.15) is 39.5 Å². The van der Waals surface area contributed by atoms with E-state index in [2.05, 4.69) is 5.32 Å². The third-order valence-corrected chi connectivity index (χ3v) is 4.91. The highest BCUT2D eigenvalue weighted by atomic mass is 32.2. The first-order valence-electron chi connectivity index (χ1n) is 6.66. The van der Waals surface area contributed by atoms with Gasteiger partial charge in [-0.05, 0) is 25.2 Å². The predicted molar refractivity (Wildman–Crippen MR) is 71.7 cm³/mol. The molecule has 0 aromatic heterocycles. The van der Waals surface area contributed by atoms with Crippen molar-refractivity contribution >= 4 is 15.9 Å². The molecular formula is C12H24N2O3S. The molecule has 1 aliphatic heterocycles. The van der Waals surface area contributed by atoms with Crippen molar-refractivity contribution in [2.75, 3.05) is 25.4 Å². The lowest BCUT2D eigenvalue weighted by Gasteiger charge is -2.26. The lowest BCUT2D eigenvalue weighted by atomic mass is 10.1. The van der Waals surface area contributed by atoms with Gasteiger partial charge in [-0.25, -0.2) is 12.7 Å². The molecule has 1 N–H and O–H groups in total. The van der Waals surface area contributed by atoms with Crippen molar-refractivity contribution in [1.29, 1.82) is 0 Å². The molecule has 0 radical (unpaired) electrons. The van der Waals surface area contributed by atoms with E-state index in [9.17, 15) is 13.2 Å². The zero-order valence-electron chi connectivity index (χ0n) is 11.3. The minimum Gasteiger partial charge on any atom is -0.356 e. The van der Waals surface area contributed by atoms with Gasteiger partial charge in [-0.1, -0.05) is 13.8 Å². The molecule has 0 aromatic carbocycles. The molecule has 0 atom stereocenters. The van der Waals surface area contributed by atoms with E-state index in [4.69, 9.17) is 0 Å². The standard InChI is InChI=1S/C12H24N2O3S/c1-11(2)10-12(15)13-6-5-8-14-7-3-4-9-18(14,16)17/h11H,3-10H2,1-2H3,(H,13,15). The fraction of sp³-hybridized carbons (Fsp3) is 0.917. The van der Waals surface area contributed by atoms with Crippen molar-refractivity contribution in [3.8, 4) is 0 Å². The van der Waals surface area contributed by atoms with Crippen LogP contribution in [0.25, 0.3) is 0 Å². The molecule has 1 rings (SSSR count). The Balaban J connectivity index is 2.19. The Morgan fingerprint density at radius 2 is 2.06 bits per heavy atom. The monoisotopic (exact) mass is 276 g/mol. The Labute approximate surface area is 110 Å². The smallest absolute Gasteiger partial charge is 0.220 e. The van der Waals surface area contributed by atoms with Crippen molar-refractivity contribution in [3.63, 3.8) is 0 Å². The second-order valence-electron chi connectivity index (χ2n) is 5.22. The van der Waals surface area contributed by atoms with Crippen molar-refractivity contribution in [2.24, 2.45) is 5.92 Å². The van der Waals surface area contributed by atoms with Gasteiger partial charge in [-0.15, -0.1) is 0 Å². The summed E-state index contributed by atoms with van der Waals surface area (Å²) in [6.45, 7) is 5.70. The maximum atomic E-state index is 11.7. The van der Waals surface area contributed by atoms with Crippen LogP contribution >= 0.6 is 0 Å². The largest absolute Gasteiger partial charge is 0.356 e. The van der Waals surface area contributed by atoms with E-state index in [1.54, 1.807) is 4.31 Å². The maximum absolute atomic E-state index is 11.7. The van der Waals surface area contributed by atoms with Crippen LogP contribution in [-0.2, 0) is 14.8 Å². The number of nitrogens with zero attached hydrogens (tertiary/aromatic N) is 1. The molecule has 0 unspecified atom stereocenters. The molecule has 1 aliphatic rings. The summed E-state index contributed by atoms with van der Waals surface area (Å²) in [5.74, 6) is 0.672. The van der Waals surface area contributed by atoms with Crippen LogP contribution in [0.3, 0.4) is 0 Å². The predicted octanol–water partition coefficient (Wildman–Crippen LogP) is 0.964. The summed E-state index contributed by atoms with van der Waals surface area (Å²) >= 11 is 0. The Hall–Kier alpha value is -0.620. The zero-order chi connectivity index (χ0) is 13.6. The van der Waals surface area contributed by atoms with Gasteiger partial charge in [0.2, 0.25) is 15.9 Å². The number of hydrogen-bond donors (Lipinski definition) is 1. The Morgan fingerprint density at radius 3 is 2.67 bits per heavy atom. The Kier molecular flexibility index (Phi) is 6.08. The van der Waals surface area contributed by atoms with Crippen LogP contribution < -0.4 is 5.32 Å². The van der Waals surface area contributed by atoms with Crippen LogP contribution in [0.5, 0.6) is 0 Å². The van der Waals surface area contributed by atoms with Gasteiger partial charge >= 0.3 is 0 Å². The maximum Gasteiger partial charge on any atom is 0.220 e. The van der Waals surface area contributed by atoms with Gasteiger partial charge in [0.25, 0.3) is 0 Å². The van der Waals surface area contributed by atoms with Gasteiger partial charge < -0.3 is 5.32 Å². The molecule has 5 nitrogen and oxygen atoms in total. The topological polar surface area (TPSA) is 66.5 Å². The first-order valence-corrected chi connectivity index (χ1v) is 8.27. The molecule has 106 valence electrons. The first-order chi connectivity index (χ1) is 8.42. The summed E-state index contributed by atoms with van der Waals surface area (Å²) in [5.41, 5.74) is 0. The highest BCUT2D eigenvalue weighted by molar-refractivity contribution is 7.89. The van der Waals surface area contributed by atoms with Crippen LogP contribution in [0.15, 0.2) is 0 Å². The number of nitrogens with one attached hydrogen (secondary N) is 1. The average molecular weight is 276 g/mol. The van der Waals surface area contributed by atoms with E-state index < -0.39 is 10.0 Å². The molecule has 0 aliphatic carbocycles. The number of carbonyl (C=O) groups is 1. The fourth-order valence-corrected chi connectivity index (χ4v) is 3.66. The fourth-order valence-electron chi connectivity index (χ4n) is 2.02. The Morgan fingerprint density at radius 1 is 1.33 bits per heavy atom. The van der Waals surface area contributed by atoms with E-state index in [0.29, 0.717) is 38.4 Å². The van der Waals surface area contributed by atoms with Crippen molar-refractivity contribution < 1.29 is 13.2 Å². The molecule has 0 bridgehead atoms. The third kappa shape index (κ3) is 5.35. The summed E-state index contributed by atoms with van der Waals surface area (Å²) in [7, 11) is -3.02. The van der Waals surface area contributed by atoms with Gasteiger partial charge in [-0.3, -0.25) is 4.79 Å². The zero-order valence-corrected chi connectivity index (χ0v) is 12.1. The molecule has 18 heavy (non-hydrogen) atoms. The quantitative estimate of drug-likeness (QED) is 0.735. The minimum absolute atomic E-state index is 0.0477. The number of amides is 1. The van der Waals surface area contributed by atoms with E-state index in [1.807, 2.05) is 13.8 Å². The lowest BCUT2D eigenvalue weighted by Crippen LogP contribution is -2.39. The van der Waals surface area contributed by atoms with Gasteiger partial charge in [-0.2, -0.15) is 0 Å². The molecular weight excluding hydrogens is 252 g/mol. The molecule has 1 heterocycles. The first kappa shape index (κ1) is 15.4. The molecule has 0 spiro atoms. The number of carbonyl (C=O) groups excluding carboxylic acids is 1. The molecule has 1 amide bonds. The average Bonchev–Trinajstić information content (AvgIpc) is 2.24. The lowest BCUT2D eigenvalue weighted by molar-refractivity contribution is -0.121. The van der Waals surface area contributed by atoms with Gasteiger partial charge in [0.15, 0.2) is 0 Å². The summed E-state index contributed by atoms with van der Waals surface area (Å²) in [6, 6.07) is 0. The van der Waals surface area contributed by atoms with E-state index >= 15 is 0 Å². The number of hydrogen-bond acceptors (Lipinski definition) is 3. The second-order valence-corrected chi connectivity index (χ2v) is 7.31. The van der Waals surface area contributed by atoms with Crippen LogP contribution in [0.2, 0.25) is 0 Å². The highest BCUT2D eigenvalue weighted by Gasteiger charge is 2.24. The SMILES string of the molecule is CC(C)CC(=O)NCCCN1CCCCS1(=O)=O. The molecule has 1 saturated heterocycles. The van der Waals surface area contributed by atoms with Crippen molar-refractivity contribution in [2.45, 2.75) is 39.5 Å². The van der Waals surface area contributed by atoms with E-state index in [0.717, 1.165) is 12.8 Å². The van der Waals surface area contributed by atoms with E-state index in [1.165, 1.54) is 0 Å². The Bertz CT molecular complexity index is 366. The summed E-state index contributed by atoms with van der Waals surface area (Å²) in [4.78, 5) is 11.4. The molecule has 6 heteroatoms. The van der Waals surface area contributed by atoms with Crippen LogP contribution in [0, 0.1) is 5.92 Å². The minimum atomic E-state index is -3.02. The van der Waals surface area contributed by atoms with Crippen LogP contribution in [0.4, 0.5) is 0 Å².